The van der Waals surface area contributed by atoms with Gasteiger partial charge in [0.05, 0.1) is 37.2 Å². The number of hydrogen-bond donors (Lipinski definition) is 3. The van der Waals surface area contributed by atoms with Crippen molar-refractivity contribution in [2.24, 2.45) is 0 Å². The molecule has 4 saturated heterocycles. The summed E-state index contributed by atoms with van der Waals surface area (Å²) in [5.41, 5.74) is 6.36. The Morgan fingerprint density at radius 1 is 0.661 bits per heavy atom. The fourth-order valence-electron chi connectivity index (χ4n) is 7.77. The number of nitrogens with zero attached hydrogens (tertiary/aromatic N) is 3. The van der Waals surface area contributed by atoms with Gasteiger partial charge < -0.3 is 15.5 Å². The van der Waals surface area contributed by atoms with Crippen molar-refractivity contribution in [3.05, 3.63) is 130 Å². The summed E-state index contributed by atoms with van der Waals surface area (Å²) in [7, 11) is 0. The van der Waals surface area contributed by atoms with Crippen LogP contribution in [0, 0.1) is 13.8 Å². The average Bonchev–Trinajstić information content (AvgIpc) is 3.23. The zero-order valence-electron chi connectivity index (χ0n) is 33.7. The number of phenols is 2. The van der Waals surface area contributed by atoms with Crippen molar-refractivity contribution in [3.8, 4) is 11.5 Å². The summed E-state index contributed by atoms with van der Waals surface area (Å²) in [5.74, 6) is 0.113. The molecule has 0 radical (unpaired) electrons. The largest absolute Gasteiger partial charge is 0.508 e. The Bertz CT molecular complexity index is 1940. The lowest BCUT2D eigenvalue weighted by Gasteiger charge is -2.42. The second-order valence-corrected chi connectivity index (χ2v) is 16.8. The smallest absolute Gasteiger partial charge is 0.263 e. The molecule has 4 aromatic carbocycles. The number of aryl methyl sites for hydroxylation is 2. The summed E-state index contributed by atoms with van der Waals surface area (Å²) in [4.78, 5) is 37.6. The van der Waals surface area contributed by atoms with E-state index in [0.717, 1.165) is 41.6 Å². The molecule has 13 heteroatoms. The molecule has 4 fully saturated rings. The maximum Gasteiger partial charge on any atom is 0.263 e. The van der Waals surface area contributed by atoms with Crippen LogP contribution in [0.15, 0.2) is 97.1 Å². The summed E-state index contributed by atoms with van der Waals surface area (Å²) < 4.78 is 28.5. The number of aromatic hydroxyl groups is 2. The first-order valence-electron chi connectivity index (χ1n) is 20.4. The van der Waals surface area contributed by atoms with Crippen molar-refractivity contribution in [1.82, 2.24) is 20.3 Å². The number of hydroxylamine groups is 4. The number of benzene rings is 4. The second kappa shape index (κ2) is 21.2. The van der Waals surface area contributed by atoms with E-state index in [1.54, 1.807) is 48.5 Å². The van der Waals surface area contributed by atoms with Crippen LogP contribution in [0.25, 0.3) is 0 Å². The van der Waals surface area contributed by atoms with Gasteiger partial charge in [-0.2, -0.15) is 0 Å². The molecule has 10 nitrogen and oxygen atoms in total. The normalized spacial score (nSPS) is 25.0. The molecule has 0 aliphatic carbocycles. The van der Waals surface area contributed by atoms with Gasteiger partial charge >= 0.3 is 0 Å². The summed E-state index contributed by atoms with van der Waals surface area (Å²) in [6, 6.07) is 29.4. The predicted octanol–water partition coefficient (Wildman–Crippen LogP) is 7.79. The van der Waals surface area contributed by atoms with Crippen molar-refractivity contribution in [2.75, 3.05) is 39.4 Å². The van der Waals surface area contributed by atoms with Gasteiger partial charge in [-0.3, -0.25) is 24.2 Å². The zero-order valence-corrected chi connectivity index (χ0v) is 35.3. The van der Waals surface area contributed by atoms with Gasteiger partial charge in [0.1, 0.15) is 23.8 Å². The van der Waals surface area contributed by atoms with Crippen LogP contribution >= 0.6 is 15.9 Å². The number of likely N-dealkylation sites (tertiary alicyclic amines) is 1. The zero-order chi connectivity index (χ0) is 41.9. The van der Waals surface area contributed by atoms with Gasteiger partial charge in [-0.1, -0.05) is 99.9 Å². The Balaban J connectivity index is 0.000000164. The van der Waals surface area contributed by atoms with Crippen LogP contribution < -0.4 is 5.32 Å². The van der Waals surface area contributed by atoms with E-state index in [0.29, 0.717) is 52.2 Å². The fraction of sp³-hybridized carbons (Fsp3) is 0.435. The molecular weight excluding hydrogens is 822 g/mol. The molecule has 4 aromatic rings. The molecule has 4 aliphatic rings. The van der Waals surface area contributed by atoms with Crippen LogP contribution in [0.4, 0.5) is 8.78 Å². The molecular formula is C46H55BrF2N4O6. The van der Waals surface area contributed by atoms with Crippen LogP contribution in [-0.4, -0.2) is 99.7 Å². The molecule has 6 atom stereocenters. The molecule has 2 unspecified atom stereocenters. The second-order valence-electron chi connectivity index (χ2n) is 15.7. The van der Waals surface area contributed by atoms with Crippen LogP contribution in [0.3, 0.4) is 0 Å². The average molecular weight is 878 g/mol. The fourth-order valence-corrected chi connectivity index (χ4v) is 8.18. The van der Waals surface area contributed by atoms with E-state index in [9.17, 15) is 23.5 Å². The number of rotatable bonds is 7. The monoisotopic (exact) mass is 876 g/mol. The maximum absolute atomic E-state index is 15.0. The highest BCUT2D eigenvalue weighted by molar-refractivity contribution is 9.10. The minimum absolute atomic E-state index is 0.00632. The van der Waals surface area contributed by atoms with Crippen LogP contribution in [0.5, 0.6) is 11.5 Å². The molecule has 3 N–H and O–H groups in total. The van der Waals surface area contributed by atoms with Gasteiger partial charge in [0.2, 0.25) is 0 Å². The SMILES string of the molecule is Cc1ccc(CN2OCCC(Br)C2=O)cc1.Cc1ccc(CN2OCCC(N3CC[C@H](c4ccc(O)cc4)[C@@H](F)C3)C2=O)cc1.Oc1ccc([C@H]2CCNC[C@@H]2F)cc1. The number of halogens is 3. The molecule has 59 heavy (non-hydrogen) atoms. The molecule has 316 valence electrons. The van der Waals surface area contributed by atoms with Crippen molar-refractivity contribution >= 4 is 27.7 Å². The van der Waals surface area contributed by atoms with Gasteiger partial charge in [0, 0.05) is 24.9 Å². The summed E-state index contributed by atoms with van der Waals surface area (Å²) in [5, 5.41) is 24.5. The van der Waals surface area contributed by atoms with Crippen LogP contribution in [-0.2, 0) is 32.4 Å². The van der Waals surface area contributed by atoms with Crippen molar-refractivity contribution < 1.29 is 38.3 Å². The van der Waals surface area contributed by atoms with Gasteiger partial charge in [0.15, 0.2) is 0 Å². The van der Waals surface area contributed by atoms with E-state index in [1.165, 1.54) is 21.3 Å². The first-order valence-corrected chi connectivity index (χ1v) is 21.3. The third-order valence-corrected chi connectivity index (χ3v) is 12.1. The van der Waals surface area contributed by atoms with Gasteiger partial charge in [-0.05, 0) is 99.1 Å². The molecule has 0 saturated carbocycles. The Morgan fingerprint density at radius 2 is 1.15 bits per heavy atom. The Kier molecular flexibility index (Phi) is 15.9. The van der Waals surface area contributed by atoms with Crippen molar-refractivity contribution in [1.29, 1.82) is 0 Å². The number of phenolic OH excluding ortho intramolecular Hbond substituents is 2. The topological polar surface area (TPSA) is 115 Å². The van der Waals surface area contributed by atoms with Gasteiger partial charge in [-0.15, -0.1) is 0 Å². The minimum Gasteiger partial charge on any atom is -0.508 e. The number of carbonyl (C=O) groups is 2. The lowest BCUT2D eigenvalue weighted by atomic mass is 9.87. The maximum atomic E-state index is 15.0. The standard InChI is InChI=1S/C23H27FN2O3.C12H14BrNO2.C11H14FNO/c1-16-2-4-17(5-3-16)14-26-23(28)22(11-13-29-26)25-12-10-20(21(24)15-25)18-6-8-19(27)9-7-18;1-9-2-4-10(5-3-9)8-14-12(15)11(13)6-7-16-14;12-11-7-13-6-5-10(11)8-1-3-9(14)4-2-8/h2-9,20-22,27H,10-15H2,1H3;2-5,11H,6-8H2,1H3;1-4,10-11,13-14H,5-7H2/t20-,21+,22?;;10-,11+/m1.1/s1. The Labute approximate surface area is 354 Å². The Hall–Kier alpha value is -4.40. The lowest BCUT2D eigenvalue weighted by Crippen LogP contribution is -2.56. The molecule has 8 rings (SSSR count). The Morgan fingerprint density at radius 3 is 1.66 bits per heavy atom. The van der Waals surface area contributed by atoms with E-state index in [2.05, 4.69) is 21.2 Å². The van der Waals surface area contributed by atoms with E-state index in [-0.39, 0.29) is 52.6 Å². The molecule has 2 amide bonds. The third kappa shape index (κ3) is 12.3. The minimum atomic E-state index is -1.05. The quantitative estimate of drug-likeness (QED) is 0.162. The number of hydrogen-bond acceptors (Lipinski definition) is 8. The highest BCUT2D eigenvalue weighted by Gasteiger charge is 2.39. The first kappa shape index (κ1) is 44.2. The summed E-state index contributed by atoms with van der Waals surface area (Å²) >= 11 is 3.35. The molecule has 0 spiro atoms. The number of carbonyl (C=O) groups excluding carboxylic acids is 2. The number of alkyl halides is 3. The first-order chi connectivity index (χ1) is 28.4. The molecule has 0 aromatic heterocycles. The number of amides is 2. The molecule has 0 bridgehead atoms. The van der Waals surface area contributed by atoms with Gasteiger partial charge in [-0.25, -0.2) is 18.9 Å². The highest BCUT2D eigenvalue weighted by atomic mass is 79.9. The number of piperidine rings is 2. The molecule has 4 heterocycles. The van der Waals surface area contributed by atoms with Crippen LogP contribution in [0.1, 0.15) is 70.9 Å². The third-order valence-electron chi connectivity index (χ3n) is 11.3. The van der Waals surface area contributed by atoms with Crippen LogP contribution in [0.2, 0.25) is 0 Å². The summed E-state index contributed by atoms with van der Waals surface area (Å²) in [6.07, 6.45) is 0.937. The highest BCUT2D eigenvalue weighted by Crippen LogP contribution is 2.34. The van der Waals surface area contributed by atoms with Gasteiger partial charge in [0.25, 0.3) is 11.8 Å². The lowest BCUT2D eigenvalue weighted by molar-refractivity contribution is -0.212. The van der Waals surface area contributed by atoms with E-state index in [4.69, 9.17) is 14.8 Å². The summed E-state index contributed by atoms with van der Waals surface area (Å²) in [6.45, 7) is 8.24. The van der Waals surface area contributed by atoms with Crippen molar-refractivity contribution in [2.45, 2.75) is 87.7 Å². The predicted molar refractivity (Wildman–Crippen MR) is 226 cm³/mol. The van der Waals surface area contributed by atoms with Crippen molar-refractivity contribution in [3.63, 3.8) is 0 Å². The molecule has 4 aliphatic heterocycles. The van der Waals surface area contributed by atoms with E-state index >= 15 is 0 Å². The van der Waals surface area contributed by atoms with E-state index in [1.807, 2.05) is 67.3 Å². The van der Waals surface area contributed by atoms with E-state index < -0.39 is 12.3 Å². The number of nitrogens with one attached hydrogen (secondary N) is 1.